The lowest BCUT2D eigenvalue weighted by atomic mass is 10.2. The van der Waals surface area contributed by atoms with Crippen molar-refractivity contribution in [2.45, 2.75) is 25.9 Å². The highest BCUT2D eigenvalue weighted by atomic mass is 79.9. The lowest BCUT2D eigenvalue weighted by Crippen LogP contribution is -2.51. The standard InChI is InChI=1S/C13H20BrN3O/c1-10(2)16-8-11-9-18-7-6-17(11)13-12(14)4-3-5-15-13/h3-5,10-11,16H,6-9H2,1-2H3. The molecular weight excluding hydrogens is 294 g/mol. The van der Waals surface area contributed by atoms with E-state index in [4.69, 9.17) is 4.74 Å². The van der Waals surface area contributed by atoms with Crippen LogP contribution in [-0.4, -0.2) is 43.4 Å². The Kier molecular flexibility index (Phi) is 4.97. The Labute approximate surface area is 117 Å². The number of nitrogens with zero attached hydrogens (tertiary/aromatic N) is 2. The van der Waals surface area contributed by atoms with Gasteiger partial charge in [-0.15, -0.1) is 0 Å². The van der Waals surface area contributed by atoms with Gasteiger partial charge in [-0.2, -0.15) is 0 Å². The maximum atomic E-state index is 5.58. The molecule has 18 heavy (non-hydrogen) atoms. The van der Waals surface area contributed by atoms with Crippen molar-refractivity contribution in [2.24, 2.45) is 0 Å². The van der Waals surface area contributed by atoms with E-state index in [0.29, 0.717) is 12.1 Å². The SMILES string of the molecule is CC(C)NCC1COCCN1c1ncccc1Br. The molecule has 1 atom stereocenters. The van der Waals surface area contributed by atoms with E-state index in [0.717, 1.165) is 36.6 Å². The highest BCUT2D eigenvalue weighted by Gasteiger charge is 2.25. The Morgan fingerprint density at radius 3 is 3.17 bits per heavy atom. The van der Waals surface area contributed by atoms with E-state index in [1.165, 1.54) is 0 Å². The largest absolute Gasteiger partial charge is 0.377 e. The summed E-state index contributed by atoms with van der Waals surface area (Å²) in [6, 6.07) is 4.80. The van der Waals surface area contributed by atoms with E-state index in [1.54, 1.807) is 0 Å². The number of anilines is 1. The number of halogens is 1. The molecule has 1 saturated heterocycles. The number of nitrogens with one attached hydrogen (secondary N) is 1. The molecule has 1 aliphatic rings. The number of rotatable bonds is 4. The van der Waals surface area contributed by atoms with Gasteiger partial charge in [-0.25, -0.2) is 4.98 Å². The number of hydrogen-bond donors (Lipinski definition) is 1. The average Bonchev–Trinajstić information content (AvgIpc) is 2.37. The molecule has 1 unspecified atom stereocenters. The lowest BCUT2D eigenvalue weighted by molar-refractivity contribution is 0.0927. The van der Waals surface area contributed by atoms with Crippen LogP contribution >= 0.6 is 15.9 Å². The first-order chi connectivity index (χ1) is 8.68. The average molecular weight is 314 g/mol. The van der Waals surface area contributed by atoms with Gasteiger partial charge in [0.25, 0.3) is 0 Å². The van der Waals surface area contributed by atoms with Gasteiger partial charge in [-0.3, -0.25) is 0 Å². The number of morpholine rings is 1. The molecule has 0 saturated carbocycles. The van der Waals surface area contributed by atoms with Gasteiger partial charge in [0.1, 0.15) is 5.82 Å². The second-order valence-corrected chi connectivity index (χ2v) is 5.65. The van der Waals surface area contributed by atoms with Crippen molar-refractivity contribution in [1.82, 2.24) is 10.3 Å². The van der Waals surface area contributed by atoms with E-state index < -0.39 is 0 Å². The summed E-state index contributed by atoms with van der Waals surface area (Å²) in [7, 11) is 0. The molecule has 1 aromatic rings. The summed E-state index contributed by atoms with van der Waals surface area (Å²) in [4.78, 5) is 6.80. The zero-order chi connectivity index (χ0) is 13.0. The second kappa shape index (κ2) is 6.50. The molecule has 0 amide bonds. The summed E-state index contributed by atoms with van der Waals surface area (Å²) in [5, 5.41) is 3.47. The van der Waals surface area contributed by atoms with Crippen molar-refractivity contribution < 1.29 is 4.74 Å². The fourth-order valence-corrected chi connectivity index (χ4v) is 2.55. The molecule has 1 fully saturated rings. The first-order valence-electron chi connectivity index (χ1n) is 6.36. The molecule has 0 aromatic carbocycles. The van der Waals surface area contributed by atoms with Gasteiger partial charge in [0, 0.05) is 25.3 Å². The molecular formula is C13H20BrN3O. The molecule has 0 aliphatic carbocycles. The van der Waals surface area contributed by atoms with Gasteiger partial charge in [0.15, 0.2) is 0 Å². The van der Waals surface area contributed by atoms with Crippen molar-refractivity contribution in [3.63, 3.8) is 0 Å². The van der Waals surface area contributed by atoms with Crippen LogP contribution in [0.25, 0.3) is 0 Å². The van der Waals surface area contributed by atoms with Crippen molar-refractivity contribution in [2.75, 3.05) is 31.2 Å². The van der Waals surface area contributed by atoms with Gasteiger partial charge in [0.05, 0.1) is 23.7 Å². The molecule has 1 N–H and O–H groups in total. The molecule has 2 rings (SSSR count). The van der Waals surface area contributed by atoms with Crippen LogP contribution in [0.3, 0.4) is 0 Å². The minimum Gasteiger partial charge on any atom is -0.377 e. The van der Waals surface area contributed by atoms with Crippen LogP contribution in [0.4, 0.5) is 5.82 Å². The quantitative estimate of drug-likeness (QED) is 0.923. The van der Waals surface area contributed by atoms with Crippen LogP contribution in [0, 0.1) is 0 Å². The summed E-state index contributed by atoms with van der Waals surface area (Å²) in [6.45, 7) is 7.64. The molecule has 0 spiro atoms. The van der Waals surface area contributed by atoms with Crippen molar-refractivity contribution in [3.05, 3.63) is 22.8 Å². The van der Waals surface area contributed by atoms with Gasteiger partial charge in [-0.1, -0.05) is 13.8 Å². The summed E-state index contributed by atoms with van der Waals surface area (Å²) in [6.07, 6.45) is 1.84. The maximum absolute atomic E-state index is 5.58. The van der Waals surface area contributed by atoms with Crippen LogP contribution in [0.15, 0.2) is 22.8 Å². The molecule has 4 nitrogen and oxygen atoms in total. The fourth-order valence-electron chi connectivity index (χ4n) is 2.06. The third-order valence-electron chi connectivity index (χ3n) is 3.00. The van der Waals surface area contributed by atoms with Crippen molar-refractivity contribution >= 4 is 21.7 Å². The summed E-state index contributed by atoms with van der Waals surface area (Å²) in [5.41, 5.74) is 0. The predicted molar refractivity (Wildman–Crippen MR) is 77.0 cm³/mol. The monoisotopic (exact) mass is 313 g/mol. The van der Waals surface area contributed by atoms with Crippen LogP contribution in [0.2, 0.25) is 0 Å². The Bertz CT molecular complexity index is 386. The first kappa shape index (κ1) is 13.8. The van der Waals surface area contributed by atoms with Crippen LogP contribution in [-0.2, 0) is 4.74 Å². The highest BCUT2D eigenvalue weighted by Crippen LogP contribution is 2.25. The maximum Gasteiger partial charge on any atom is 0.143 e. The topological polar surface area (TPSA) is 37.4 Å². The van der Waals surface area contributed by atoms with Crippen LogP contribution in [0.1, 0.15) is 13.8 Å². The molecule has 1 aliphatic heterocycles. The fraction of sp³-hybridized carbons (Fsp3) is 0.615. The molecule has 0 bridgehead atoms. The zero-order valence-corrected chi connectivity index (χ0v) is 12.5. The van der Waals surface area contributed by atoms with Crippen LogP contribution < -0.4 is 10.2 Å². The van der Waals surface area contributed by atoms with Crippen LogP contribution in [0.5, 0.6) is 0 Å². The Morgan fingerprint density at radius 1 is 1.61 bits per heavy atom. The minimum atomic E-state index is 0.340. The van der Waals surface area contributed by atoms with Gasteiger partial charge in [0.2, 0.25) is 0 Å². The Hall–Kier alpha value is -0.650. The third kappa shape index (κ3) is 3.43. The number of ether oxygens (including phenoxy) is 1. The third-order valence-corrected chi connectivity index (χ3v) is 3.62. The Balaban J connectivity index is 2.10. The van der Waals surface area contributed by atoms with E-state index in [1.807, 2.05) is 18.3 Å². The molecule has 0 radical (unpaired) electrons. The van der Waals surface area contributed by atoms with E-state index in [9.17, 15) is 0 Å². The Morgan fingerprint density at radius 2 is 2.44 bits per heavy atom. The van der Waals surface area contributed by atoms with Gasteiger partial charge < -0.3 is 15.0 Å². The van der Waals surface area contributed by atoms with Crippen molar-refractivity contribution in [3.8, 4) is 0 Å². The van der Waals surface area contributed by atoms with Crippen molar-refractivity contribution in [1.29, 1.82) is 0 Å². The summed E-state index contributed by atoms with van der Waals surface area (Å²) in [5.74, 6) is 1.01. The van der Waals surface area contributed by atoms with Gasteiger partial charge >= 0.3 is 0 Å². The second-order valence-electron chi connectivity index (χ2n) is 4.79. The molecule has 100 valence electrons. The minimum absolute atomic E-state index is 0.340. The number of hydrogen-bond acceptors (Lipinski definition) is 4. The summed E-state index contributed by atoms with van der Waals surface area (Å²) < 4.78 is 6.62. The molecule has 2 heterocycles. The molecule has 1 aromatic heterocycles. The van der Waals surface area contributed by atoms with E-state index in [2.05, 4.69) is 45.0 Å². The number of aromatic nitrogens is 1. The highest BCUT2D eigenvalue weighted by molar-refractivity contribution is 9.10. The number of pyridine rings is 1. The van der Waals surface area contributed by atoms with Gasteiger partial charge in [-0.05, 0) is 28.1 Å². The van der Waals surface area contributed by atoms with E-state index in [-0.39, 0.29) is 0 Å². The predicted octanol–water partition coefficient (Wildman–Crippen LogP) is 2.05. The summed E-state index contributed by atoms with van der Waals surface area (Å²) >= 11 is 3.57. The van der Waals surface area contributed by atoms with E-state index >= 15 is 0 Å². The first-order valence-corrected chi connectivity index (χ1v) is 7.16. The smallest absolute Gasteiger partial charge is 0.143 e. The lowest BCUT2D eigenvalue weighted by Gasteiger charge is -2.37. The molecule has 5 heteroatoms. The normalized spacial score (nSPS) is 20.4. The zero-order valence-electron chi connectivity index (χ0n) is 10.9.